The van der Waals surface area contributed by atoms with Gasteiger partial charge in [0.15, 0.2) is 5.65 Å². The van der Waals surface area contributed by atoms with E-state index < -0.39 is 0 Å². The van der Waals surface area contributed by atoms with Crippen LogP contribution >= 0.6 is 0 Å². The summed E-state index contributed by atoms with van der Waals surface area (Å²) in [6.45, 7) is 8.58. The molecule has 0 radical (unpaired) electrons. The first-order valence-electron chi connectivity index (χ1n) is 9.66. The molecule has 0 bridgehead atoms. The van der Waals surface area contributed by atoms with Gasteiger partial charge in [-0.15, -0.1) is 0 Å². The zero-order valence-corrected chi connectivity index (χ0v) is 15.8. The van der Waals surface area contributed by atoms with Crippen molar-refractivity contribution in [3.63, 3.8) is 0 Å². The molecule has 0 unspecified atom stereocenters. The predicted octanol–water partition coefficient (Wildman–Crippen LogP) is 1.86. The Morgan fingerprint density at radius 1 is 1.38 bits per heavy atom. The Morgan fingerprint density at radius 3 is 2.92 bits per heavy atom. The van der Waals surface area contributed by atoms with E-state index in [1.165, 1.54) is 0 Å². The highest BCUT2D eigenvalue weighted by Gasteiger charge is 2.31. The zero-order valence-electron chi connectivity index (χ0n) is 15.8. The van der Waals surface area contributed by atoms with Gasteiger partial charge in [0, 0.05) is 44.6 Å². The van der Waals surface area contributed by atoms with Crippen LogP contribution in [0.1, 0.15) is 63.0 Å². The summed E-state index contributed by atoms with van der Waals surface area (Å²) in [5, 5.41) is 3.24. The highest BCUT2D eigenvalue weighted by molar-refractivity contribution is 5.76. The molecule has 0 saturated carbocycles. The number of carbonyl (C=O) groups is 1. The van der Waals surface area contributed by atoms with Crippen LogP contribution in [-0.2, 0) is 17.8 Å². The first kappa shape index (κ1) is 17.3. The largest absolute Gasteiger partial charge is 0.334 e. The van der Waals surface area contributed by atoms with E-state index in [4.69, 9.17) is 4.98 Å². The maximum Gasteiger partial charge on any atom is 0.277 e. The highest BCUT2D eigenvalue weighted by atomic mass is 16.2. The minimum absolute atomic E-state index is 0.00651. The molecule has 140 valence electrons. The molecule has 0 aromatic carbocycles. The fourth-order valence-electron chi connectivity index (χ4n) is 4.22. The Bertz CT molecular complexity index is 897. The lowest BCUT2D eigenvalue weighted by molar-refractivity contribution is -0.131. The van der Waals surface area contributed by atoms with E-state index in [2.05, 4.69) is 23.8 Å². The van der Waals surface area contributed by atoms with Gasteiger partial charge in [-0.3, -0.25) is 19.6 Å². The van der Waals surface area contributed by atoms with E-state index in [0.29, 0.717) is 24.7 Å². The molecule has 2 aromatic heterocycles. The van der Waals surface area contributed by atoms with Crippen molar-refractivity contribution in [2.24, 2.45) is 0 Å². The van der Waals surface area contributed by atoms with Gasteiger partial charge < -0.3 is 4.90 Å². The van der Waals surface area contributed by atoms with Crippen molar-refractivity contribution < 1.29 is 4.79 Å². The SMILES string of the molecule is CCC(=O)N1CCC[C@@H]1c1cc2nc3c(c(=O)n2[nH]1)CN(C(C)C)CC3. The molecule has 2 aliphatic rings. The average Bonchev–Trinajstić information content (AvgIpc) is 3.27. The standard InChI is InChI=1S/C19H27N5O2/c1-4-18(25)23-8-5-6-16(23)15-10-17-20-14-7-9-22(12(2)3)11-13(14)19(26)24(17)21-15/h10,12,16,21H,4-9,11H2,1-3H3/t16-/m1/s1. The monoisotopic (exact) mass is 357 g/mol. The van der Waals surface area contributed by atoms with Crippen LogP contribution in [0.25, 0.3) is 5.65 Å². The summed E-state index contributed by atoms with van der Waals surface area (Å²) in [6.07, 6.45) is 3.24. The average molecular weight is 357 g/mol. The first-order chi connectivity index (χ1) is 12.5. The normalized spacial score (nSPS) is 20.9. The van der Waals surface area contributed by atoms with Gasteiger partial charge in [-0.05, 0) is 26.7 Å². The Morgan fingerprint density at radius 2 is 2.19 bits per heavy atom. The summed E-state index contributed by atoms with van der Waals surface area (Å²) in [7, 11) is 0. The van der Waals surface area contributed by atoms with Gasteiger partial charge in [-0.25, -0.2) is 9.50 Å². The number of nitrogens with zero attached hydrogens (tertiary/aromatic N) is 4. The van der Waals surface area contributed by atoms with Crippen LogP contribution < -0.4 is 5.56 Å². The van der Waals surface area contributed by atoms with Crippen LogP contribution in [0.3, 0.4) is 0 Å². The molecule has 7 nitrogen and oxygen atoms in total. The second kappa shape index (κ2) is 6.54. The zero-order chi connectivity index (χ0) is 18.4. The van der Waals surface area contributed by atoms with Crippen molar-refractivity contribution in [3.8, 4) is 0 Å². The van der Waals surface area contributed by atoms with Crippen LogP contribution in [0.2, 0.25) is 0 Å². The fourth-order valence-corrected chi connectivity index (χ4v) is 4.22. The van der Waals surface area contributed by atoms with Crippen molar-refractivity contribution >= 4 is 11.6 Å². The number of amides is 1. The van der Waals surface area contributed by atoms with Crippen LogP contribution in [0.4, 0.5) is 0 Å². The number of hydrogen-bond acceptors (Lipinski definition) is 4. The van der Waals surface area contributed by atoms with E-state index in [-0.39, 0.29) is 17.5 Å². The van der Waals surface area contributed by atoms with Gasteiger partial charge >= 0.3 is 0 Å². The second-order valence-electron chi connectivity index (χ2n) is 7.66. The number of likely N-dealkylation sites (tertiary alicyclic amines) is 1. The molecule has 2 aliphatic heterocycles. The Balaban J connectivity index is 1.74. The molecule has 4 rings (SSSR count). The minimum atomic E-state index is -0.00651. The number of aromatic nitrogens is 3. The third kappa shape index (κ3) is 2.74. The van der Waals surface area contributed by atoms with Crippen LogP contribution in [0, 0.1) is 0 Å². The lowest BCUT2D eigenvalue weighted by Gasteiger charge is -2.30. The van der Waals surface area contributed by atoms with Crippen LogP contribution in [0.15, 0.2) is 10.9 Å². The molecule has 7 heteroatoms. The van der Waals surface area contributed by atoms with Gasteiger partial charge in [-0.1, -0.05) is 6.92 Å². The highest BCUT2D eigenvalue weighted by Crippen LogP contribution is 2.32. The molecule has 26 heavy (non-hydrogen) atoms. The van der Waals surface area contributed by atoms with Gasteiger partial charge in [0.2, 0.25) is 5.91 Å². The summed E-state index contributed by atoms with van der Waals surface area (Å²) in [5.74, 6) is 0.165. The van der Waals surface area contributed by atoms with Gasteiger partial charge in [0.05, 0.1) is 23.0 Å². The number of rotatable bonds is 3. The molecule has 1 N–H and O–H groups in total. The van der Waals surface area contributed by atoms with Crippen LogP contribution in [-0.4, -0.2) is 49.4 Å². The number of aromatic amines is 1. The number of nitrogens with one attached hydrogen (secondary N) is 1. The molecule has 4 heterocycles. The van der Waals surface area contributed by atoms with Crippen molar-refractivity contribution in [2.75, 3.05) is 13.1 Å². The first-order valence-corrected chi connectivity index (χ1v) is 9.66. The molecule has 1 fully saturated rings. The summed E-state index contributed by atoms with van der Waals surface area (Å²) >= 11 is 0. The molecule has 1 atom stereocenters. The summed E-state index contributed by atoms with van der Waals surface area (Å²) in [5.41, 5.74) is 3.29. The van der Waals surface area contributed by atoms with Gasteiger partial charge in [0.1, 0.15) is 0 Å². The molecule has 1 saturated heterocycles. The summed E-state index contributed by atoms with van der Waals surface area (Å²) in [4.78, 5) is 34.2. The van der Waals surface area contributed by atoms with Crippen molar-refractivity contribution in [1.82, 2.24) is 24.4 Å². The van der Waals surface area contributed by atoms with Crippen molar-refractivity contribution in [1.29, 1.82) is 0 Å². The molecule has 1 amide bonds. The number of carbonyl (C=O) groups excluding carboxylic acids is 1. The van der Waals surface area contributed by atoms with E-state index in [1.54, 1.807) is 4.52 Å². The summed E-state index contributed by atoms with van der Waals surface area (Å²) in [6, 6.07) is 2.38. The number of fused-ring (bicyclic) bond motifs is 2. The van der Waals surface area contributed by atoms with Crippen molar-refractivity contribution in [3.05, 3.63) is 33.4 Å². The predicted molar refractivity (Wildman–Crippen MR) is 99.0 cm³/mol. The third-order valence-corrected chi connectivity index (χ3v) is 5.78. The lowest BCUT2D eigenvalue weighted by atomic mass is 10.1. The van der Waals surface area contributed by atoms with E-state index in [1.807, 2.05) is 17.9 Å². The van der Waals surface area contributed by atoms with E-state index in [0.717, 1.165) is 49.3 Å². The maximum atomic E-state index is 13.0. The fraction of sp³-hybridized carbons (Fsp3) is 0.632. The van der Waals surface area contributed by atoms with Crippen molar-refractivity contribution in [2.45, 2.75) is 65.1 Å². The quantitative estimate of drug-likeness (QED) is 0.910. The Labute approximate surface area is 153 Å². The van der Waals surface area contributed by atoms with E-state index >= 15 is 0 Å². The third-order valence-electron chi connectivity index (χ3n) is 5.78. The smallest absolute Gasteiger partial charge is 0.277 e. The number of hydrogen-bond donors (Lipinski definition) is 1. The van der Waals surface area contributed by atoms with E-state index in [9.17, 15) is 9.59 Å². The molecule has 0 aliphatic carbocycles. The maximum absolute atomic E-state index is 13.0. The lowest BCUT2D eigenvalue weighted by Crippen LogP contribution is -2.40. The second-order valence-corrected chi connectivity index (χ2v) is 7.66. The number of H-pyrrole nitrogens is 1. The summed E-state index contributed by atoms with van der Waals surface area (Å²) < 4.78 is 1.56. The molecular weight excluding hydrogens is 330 g/mol. The van der Waals surface area contributed by atoms with Crippen LogP contribution in [0.5, 0.6) is 0 Å². The minimum Gasteiger partial charge on any atom is -0.334 e. The molecule has 2 aromatic rings. The molecular formula is C19H27N5O2. The Kier molecular flexibility index (Phi) is 4.34. The van der Waals surface area contributed by atoms with Gasteiger partial charge in [0.25, 0.3) is 5.56 Å². The van der Waals surface area contributed by atoms with Gasteiger partial charge in [-0.2, -0.15) is 0 Å². The molecule has 0 spiro atoms. The Hall–Kier alpha value is -2.15. The topological polar surface area (TPSA) is 73.7 Å².